The monoisotopic (exact) mass is 320 g/mol. The second kappa shape index (κ2) is 5.38. The van der Waals surface area contributed by atoms with Crippen molar-refractivity contribution < 1.29 is 8.42 Å². The lowest BCUT2D eigenvalue weighted by molar-refractivity contribution is 0.601. The molecule has 102 valence electrons. The van der Waals surface area contributed by atoms with Crippen LogP contribution in [-0.4, -0.2) is 18.6 Å². The lowest BCUT2D eigenvalue weighted by atomic mass is 10.2. The number of nitrogens with two attached hydrogens (primary N) is 1. The molecule has 1 aromatic carbocycles. The van der Waals surface area contributed by atoms with Crippen LogP contribution in [0.2, 0.25) is 10.0 Å². The van der Waals surface area contributed by atoms with Gasteiger partial charge in [0.1, 0.15) is 4.90 Å². The van der Waals surface area contributed by atoms with Crippen LogP contribution in [0.1, 0.15) is 5.56 Å². The molecule has 0 aliphatic rings. The lowest BCUT2D eigenvalue weighted by Crippen LogP contribution is -2.14. The Morgan fingerprint density at radius 2 is 2.05 bits per heavy atom. The van der Waals surface area contributed by atoms with Gasteiger partial charge >= 0.3 is 0 Å². The van der Waals surface area contributed by atoms with Crippen molar-refractivity contribution in [3.63, 3.8) is 0 Å². The third kappa shape index (κ3) is 3.01. The summed E-state index contributed by atoms with van der Waals surface area (Å²) in [5, 5.41) is 6.50. The fraction of sp³-hybridized carbons (Fsp3) is 0.100. The number of hydrogen-bond donors (Lipinski definition) is 3. The molecule has 19 heavy (non-hydrogen) atoms. The lowest BCUT2D eigenvalue weighted by Gasteiger charge is -2.10. The van der Waals surface area contributed by atoms with Gasteiger partial charge in [0.05, 0.1) is 16.9 Å². The molecule has 0 aliphatic heterocycles. The smallest absolute Gasteiger partial charge is 0.263 e. The Balaban J connectivity index is 2.45. The first-order valence-electron chi connectivity index (χ1n) is 5.13. The summed E-state index contributed by atoms with van der Waals surface area (Å²) >= 11 is 11.8. The van der Waals surface area contributed by atoms with Gasteiger partial charge < -0.3 is 5.73 Å². The van der Waals surface area contributed by atoms with Crippen LogP contribution in [0.3, 0.4) is 0 Å². The van der Waals surface area contributed by atoms with Gasteiger partial charge in [-0.1, -0.05) is 23.2 Å². The third-order valence-corrected chi connectivity index (χ3v) is 4.56. The highest BCUT2D eigenvalue weighted by molar-refractivity contribution is 7.92. The Kier molecular flexibility index (Phi) is 4.00. The minimum atomic E-state index is -3.82. The number of aromatic nitrogens is 2. The molecule has 6 nitrogen and oxygen atoms in total. The maximum atomic E-state index is 12.2. The van der Waals surface area contributed by atoms with Crippen molar-refractivity contribution in [2.24, 2.45) is 5.73 Å². The van der Waals surface area contributed by atoms with Gasteiger partial charge in [0.2, 0.25) is 0 Å². The van der Waals surface area contributed by atoms with Crippen LogP contribution in [0.4, 0.5) is 5.69 Å². The Bertz CT molecular complexity index is 686. The minimum Gasteiger partial charge on any atom is -0.326 e. The molecule has 0 radical (unpaired) electrons. The van der Waals surface area contributed by atoms with Crippen molar-refractivity contribution in [2.45, 2.75) is 11.4 Å². The van der Waals surface area contributed by atoms with Crippen LogP contribution in [-0.2, 0) is 16.6 Å². The molecule has 1 heterocycles. The molecule has 9 heteroatoms. The van der Waals surface area contributed by atoms with Crippen LogP contribution >= 0.6 is 23.2 Å². The molecule has 0 atom stereocenters. The van der Waals surface area contributed by atoms with E-state index in [-0.39, 0.29) is 16.5 Å². The van der Waals surface area contributed by atoms with Crippen molar-refractivity contribution in [3.05, 3.63) is 40.1 Å². The van der Waals surface area contributed by atoms with Gasteiger partial charge in [-0.3, -0.25) is 9.82 Å². The summed E-state index contributed by atoms with van der Waals surface area (Å²) in [5.74, 6) is 0. The van der Waals surface area contributed by atoms with Gasteiger partial charge in [0, 0.05) is 17.8 Å². The third-order valence-electron chi connectivity index (χ3n) is 2.36. The summed E-state index contributed by atoms with van der Waals surface area (Å²) in [6.07, 6.45) is 2.75. The molecule has 2 rings (SSSR count). The maximum Gasteiger partial charge on any atom is 0.263 e. The normalized spacial score (nSPS) is 11.5. The molecule has 0 aliphatic carbocycles. The average molecular weight is 321 g/mol. The molecule has 0 saturated heterocycles. The van der Waals surface area contributed by atoms with E-state index in [1.54, 1.807) is 0 Å². The fourth-order valence-electron chi connectivity index (χ4n) is 1.45. The van der Waals surface area contributed by atoms with Crippen molar-refractivity contribution >= 4 is 38.9 Å². The second-order valence-electron chi connectivity index (χ2n) is 3.67. The summed E-state index contributed by atoms with van der Waals surface area (Å²) in [6.45, 7) is 0.115. The predicted molar refractivity (Wildman–Crippen MR) is 73.7 cm³/mol. The van der Waals surface area contributed by atoms with Crippen LogP contribution in [0, 0.1) is 0 Å². The number of hydrogen-bond acceptors (Lipinski definition) is 4. The van der Waals surface area contributed by atoms with Crippen LogP contribution in [0.5, 0.6) is 0 Å². The van der Waals surface area contributed by atoms with Crippen molar-refractivity contribution in [1.82, 2.24) is 10.2 Å². The minimum absolute atomic E-state index is 0.0261. The number of rotatable bonds is 4. The van der Waals surface area contributed by atoms with Gasteiger partial charge in [-0.2, -0.15) is 5.10 Å². The van der Waals surface area contributed by atoms with E-state index < -0.39 is 10.0 Å². The molecule has 0 amide bonds. The van der Waals surface area contributed by atoms with Crippen LogP contribution in [0.25, 0.3) is 0 Å². The second-order valence-corrected chi connectivity index (χ2v) is 6.14. The van der Waals surface area contributed by atoms with Crippen molar-refractivity contribution in [3.8, 4) is 0 Å². The van der Waals surface area contributed by atoms with E-state index >= 15 is 0 Å². The zero-order valence-electron chi connectivity index (χ0n) is 9.52. The number of H-pyrrole nitrogens is 1. The highest BCUT2D eigenvalue weighted by Gasteiger charge is 2.20. The Labute approximate surface area is 120 Å². The number of sulfonamides is 1. The first kappa shape index (κ1) is 14.1. The van der Waals surface area contributed by atoms with E-state index in [0.717, 1.165) is 0 Å². The predicted octanol–water partition coefficient (Wildman–Crippen LogP) is 1.98. The number of halogens is 2. The van der Waals surface area contributed by atoms with E-state index in [4.69, 9.17) is 28.9 Å². The van der Waals surface area contributed by atoms with E-state index in [2.05, 4.69) is 14.9 Å². The molecule has 0 spiro atoms. The number of nitrogens with zero attached hydrogens (tertiary/aromatic N) is 1. The average Bonchev–Trinajstić information content (AvgIpc) is 2.80. The van der Waals surface area contributed by atoms with Crippen LogP contribution in [0.15, 0.2) is 29.4 Å². The van der Waals surface area contributed by atoms with Gasteiger partial charge in [-0.15, -0.1) is 0 Å². The van der Waals surface area contributed by atoms with Crippen LogP contribution < -0.4 is 10.5 Å². The highest BCUT2D eigenvalue weighted by Crippen LogP contribution is 2.29. The summed E-state index contributed by atoms with van der Waals surface area (Å²) < 4.78 is 26.7. The van der Waals surface area contributed by atoms with Gasteiger partial charge in [0.15, 0.2) is 0 Å². The summed E-state index contributed by atoms with van der Waals surface area (Å²) in [4.78, 5) is -0.0831. The van der Waals surface area contributed by atoms with Crippen molar-refractivity contribution in [1.29, 1.82) is 0 Å². The summed E-state index contributed by atoms with van der Waals surface area (Å²) in [5.41, 5.74) is 6.30. The first-order chi connectivity index (χ1) is 8.94. The maximum absolute atomic E-state index is 12.2. The molecule has 0 saturated carbocycles. The SMILES string of the molecule is NCc1cc(S(=O)(=O)Nc2cn[nH]c2)c(Cl)cc1Cl. The largest absolute Gasteiger partial charge is 0.326 e. The zero-order chi connectivity index (χ0) is 14.0. The standard InChI is InChI=1S/C10H10Cl2N4O2S/c11-8-2-9(12)10(1-6(8)3-13)19(17,18)16-7-4-14-15-5-7/h1-2,4-5,16H,3,13H2,(H,14,15). The van der Waals surface area contributed by atoms with E-state index in [0.29, 0.717) is 16.3 Å². The molecular weight excluding hydrogens is 311 g/mol. The van der Waals surface area contributed by atoms with Crippen molar-refractivity contribution in [2.75, 3.05) is 4.72 Å². The zero-order valence-corrected chi connectivity index (χ0v) is 11.9. The number of aromatic amines is 1. The molecule has 0 fully saturated rings. The first-order valence-corrected chi connectivity index (χ1v) is 7.37. The molecule has 0 bridgehead atoms. The topological polar surface area (TPSA) is 101 Å². The van der Waals surface area contributed by atoms with Gasteiger partial charge in [-0.25, -0.2) is 8.42 Å². The quantitative estimate of drug-likeness (QED) is 0.801. The molecule has 2 aromatic rings. The van der Waals surface area contributed by atoms with E-state index in [1.165, 1.54) is 24.5 Å². The Hall–Kier alpha value is -1.28. The highest BCUT2D eigenvalue weighted by atomic mass is 35.5. The molecule has 0 unspecified atom stereocenters. The summed E-state index contributed by atoms with van der Waals surface area (Å²) in [7, 11) is -3.82. The summed E-state index contributed by atoms with van der Waals surface area (Å²) in [6, 6.07) is 2.71. The molecule has 4 N–H and O–H groups in total. The number of benzene rings is 1. The van der Waals surface area contributed by atoms with E-state index in [9.17, 15) is 8.42 Å². The Morgan fingerprint density at radius 3 is 2.63 bits per heavy atom. The number of anilines is 1. The van der Waals surface area contributed by atoms with E-state index in [1.807, 2.05) is 0 Å². The van der Waals surface area contributed by atoms with Gasteiger partial charge in [0.25, 0.3) is 10.0 Å². The fourth-order valence-corrected chi connectivity index (χ4v) is 3.36. The Morgan fingerprint density at radius 1 is 1.32 bits per heavy atom. The molecule has 1 aromatic heterocycles. The number of nitrogens with one attached hydrogen (secondary N) is 2. The molecular formula is C10H10Cl2N4O2S. The van der Waals surface area contributed by atoms with Gasteiger partial charge in [-0.05, 0) is 17.7 Å².